The van der Waals surface area contributed by atoms with Crippen LogP contribution in [-0.4, -0.2) is 17.2 Å². The molecule has 1 aromatic carbocycles. The summed E-state index contributed by atoms with van der Waals surface area (Å²) in [5, 5.41) is 10.9. The first-order valence-electron chi connectivity index (χ1n) is 5.72. The van der Waals surface area contributed by atoms with E-state index in [-0.39, 0.29) is 0 Å². The third-order valence-corrected chi connectivity index (χ3v) is 3.66. The van der Waals surface area contributed by atoms with Crippen molar-refractivity contribution in [3.8, 4) is 5.75 Å². The van der Waals surface area contributed by atoms with E-state index in [2.05, 4.69) is 20.9 Å². The number of aromatic nitrogens is 1. The molecule has 1 atom stereocenters. The van der Waals surface area contributed by atoms with Crippen molar-refractivity contribution in [2.75, 3.05) is 7.11 Å². The Morgan fingerprint density at radius 2 is 2.21 bits per heavy atom. The van der Waals surface area contributed by atoms with Crippen molar-refractivity contribution < 1.29 is 9.84 Å². The predicted octanol–water partition coefficient (Wildman–Crippen LogP) is 3.78. The summed E-state index contributed by atoms with van der Waals surface area (Å²) < 4.78 is 6.05. The molecular weight excluding hydrogens is 330 g/mol. The number of ether oxygens (including phenoxy) is 1. The van der Waals surface area contributed by atoms with Gasteiger partial charge in [-0.1, -0.05) is 11.6 Å². The van der Waals surface area contributed by atoms with Crippen molar-refractivity contribution in [3.63, 3.8) is 0 Å². The zero-order valence-corrected chi connectivity index (χ0v) is 12.6. The normalized spacial score (nSPS) is 12.2. The Labute approximate surface area is 125 Å². The molecule has 0 bridgehead atoms. The lowest BCUT2D eigenvalue weighted by molar-refractivity contribution is 0.171. The molecule has 0 aliphatic carbocycles. The summed E-state index contributed by atoms with van der Waals surface area (Å²) in [5.41, 5.74) is 1.45. The molecule has 1 unspecified atom stereocenters. The largest absolute Gasteiger partial charge is 0.496 e. The standard InChI is InChI=1S/C14H13BrClNO2/c1-19-13-5-4-10(16)7-9(13)8-12(18)14-11(15)3-2-6-17-14/h2-7,12,18H,8H2,1H3. The third kappa shape index (κ3) is 3.47. The summed E-state index contributed by atoms with van der Waals surface area (Å²) in [6.07, 6.45) is 1.32. The molecule has 0 amide bonds. The van der Waals surface area contributed by atoms with Crippen LogP contribution >= 0.6 is 27.5 Å². The lowest BCUT2D eigenvalue weighted by Crippen LogP contribution is -2.06. The van der Waals surface area contributed by atoms with Crippen molar-refractivity contribution in [1.29, 1.82) is 0 Å². The second-order valence-corrected chi connectivity index (χ2v) is 5.34. The van der Waals surface area contributed by atoms with Crippen LogP contribution in [0.25, 0.3) is 0 Å². The number of rotatable bonds is 4. The highest BCUT2D eigenvalue weighted by Gasteiger charge is 2.16. The maximum absolute atomic E-state index is 10.3. The summed E-state index contributed by atoms with van der Waals surface area (Å²) in [6, 6.07) is 8.99. The summed E-state index contributed by atoms with van der Waals surface area (Å²) in [7, 11) is 1.59. The number of aliphatic hydroxyl groups is 1. The van der Waals surface area contributed by atoms with Gasteiger partial charge in [-0.2, -0.15) is 0 Å². The van der Waals surface area contributed by atoms with Gasteiger partial charge >= 0.3 is 0 Å². The Bertz CT molecular complexity index is 577. The first-order chi connectivity index (χ1) is 9.11. The highest BCUT2D eigenvalue weighted by molar-refractivity contribution is 9.10. The fraction of sp³-hybridized carbons (Fsp3) is 0.214. The molecule has 0 saturated carbocycles. The Balaban J connectivity index is 2.26. The monoisotopic (exact) mass is 341 g/mol. The number of nitrogens with zero attached hydrogens (tertiary/aromatic N) is 1. The molecular formula is C14H13BrClNO2. The molecule has 19 heavy (non-hydrogen) atoms. The first-order valence-corrected chi connectivity index (χ1v) is 6.90. The zero-order chi connectivity index (χ0) is 13.8. The third-order valence-electron chi connectivity index (χ3n) is 2.76. The van der Waals surface area contributed by atoms with E-state index in [1.807, 2.05) is 6.07 Å². The maximum atomic E-state index is 10.3. The predicted molar refractivity (Wildman–Crippen MR) is 78.6 cm³/mol. The number of pyridine rings is 1. The van der Waals surface area contributed by atoms with Gasteiger partial charge in [0, 0.05) is 22.1 Å². The number of hydrogen-bond donors (Lipinski definition) is 1. The Morgan fingerprint density at radius 1 is 1.42 bits per heavy atom. The summed E-state index contributed by atoms with van der Waals surface area (Å²) in [5.74, 6) is 0.704. The van der Waals surface area contributed by atoms with Crippen molar-refractivity contribution in [3.05, 3.63) is 57.3 Å². The molecule has 1 heterocycles. The van der Waals surface area contributed by atoms with Gasteiger partial charge in [-0.25, -0.2) is 0 Å². The van der Waals surface area contributed by atoms with E-state index in [1.165, 1.54) is 0 Å². The van der Waals surface area contributed by atoms with Gasteiger partial charge in [0.1, 0.15) is 11.9 Å². The van der Waals surface area contributed by atoms with E-state index in [1.54, 1.807) is 37.6 Å². The fourth-order valence-electron chi connectivity index (χ4n) is 1.85. The molecule has 5 heteroatoms. The van der Waals surface area contributed by atoms with Crippen LogP contribution in [0.3, 0.4) is 0 Å². The van der Waals surface area contributed by atoms with Gasteiger partial charge in [-0.05, 0) is 51.8 Å². The van der Waals surface area contributed by atoms with Gasteiger partial charge in [0.15, 0.2) is 0 Å². The van der Waals surface area contributed by atoms with E-state index in [0.717, 1.165) is 10.0 Å². The van der Waals surface area contributed by atoms with Gasteiger partial charge in [0.05, 0.1) is 12.8 Å². The molecule has 0 aliphatic rings. The number of methoxy groups -OCH3 is 1. The average molecular weight is 343 g/mol. The minimum atomic E-state index is -0.719. The number of halogens is 2. The smallest absolute Gasteiger partial charge is 0.122 e. The molecule has 0 radical (unpaired) electrons. The molecule has 3 nitrogen and oxygen atoms in total. The Morgan fingerprint density at radius 3 is 2.89 bits per heavy atom. The molecule has 0 aliphatic heterocycles. The zero-order valence-electron chi connectivity index (χ0n) is 10.3. The fourth-order valence-corrected chi connectivity index (χ4v) is 2.57. The van der Waals surface area contributed by atoms with Crippen molar-refractivity contribution in [2.45, 2.75) is 12.5 Å². The lowest BCUT2D eigenvalue weighted by Gasteiger charge is -2.14. The topological polar surface area (TPSA) is 42.4 Å². The Kier molecular flexibility index (Phi) is 4.80. The Hall–Kier alpha value is -1.10. The minimum Gasteiger partial charge on any atom is -0.496 e. The second-order valence-electron chi connectivity index (χ2n) is 4.05. The van der Waals surface area contributed by atoms with Crippen LogP contribution in [0.5, 0.6) is 5.75 Å². The summed E-state index contributed by atoms with van der Waals surface area (Å²) in [6.45, 7) is 0. The van der Waals surface area contributed by atoms with Crippen molar-refractivity contribution >= 4 is 27.5 Å². The molecule has 1 N–H and O–H groups in total. The molecule has 2 rings (SSSR count). The van der Waals surface area contributed by atoms with Crippen molar-refractivity contribution in [1.82, 2.24) is 4.98 Å². The minimum absolute atomic E-state index is 0.388. The first kappa shape index (κ1) is 14.3. The van der Waals surface area contributed by atoms with Crippen LogP contribution in [0.2, 0.25) is 5.02 Å². The molecule has 0 saturated heterocycles. The van der Waals surface area contributed by atoms with Crippen LogP contribution in [-0.2, 0) is 6.42 Å². The molecule has 0 fully saturated rings. The van der Waals surface area contributed by atoms with Crippen LogP contribution in [0.4, 0.5) is 0 Å². The van der Waals surface area contributed by atoms with Gasteiger partial charge in [0.2, 0.25) is 0 Å². The van der Waals surface area contributed by atoms with Crippen LogP contribution in [0.1, 0.15) is 17.4 Å². The van der Waals surface area contributed by atoms with E-state index < -0.39 is 6.10 Å². The van der Waals surface area contributed by atoms with Crippen LogP contribution < -0.4 is 4.74 Å². The van der Waals surface area contributed by atoms with Gasteiger partial charge in [-0.3, -0.25) is 4.98 Å². The number of hydrogen-bond acceptors (Lipinski definition) is 3. The van der Waals surface area contributed by atoms with E-state index >= 15 is 0 Å². The highest BCUT2D eigenvalue weighted by Crippen LogP contribution is 2.29. The van der Waals surface area contributed by atoms with Crippen LogP contribution in [0, 0.1) is 0 Å². The molecule has 1 aromatic heterocycles. The van der Waals surface area contributed by atoms with E-state index in [4.69, 9.17) is 16.3 Å². The SMILES string of the molecule is COc1ccc(Cl)cc1CC(O)c1ncccc1Br. The quantitative estimate of drug-likeness (QED) is 0.919. The summed E-state index contributed by atoms with van der Waals surface area (Å²) in [4.78, 5) is 4.18. The van der Waals surface area contributed by atoms with Crippen molar-refractivity contribution in [2.24, 2.45) is 0 Å². The molecule has 2 aromatic rings. The number of benzene rings is 1. The lowest BCUT2D eigenvalue weighted by atomic mass is 10.0. The summed E-state index contributed by atoms with van der Waals surface area (Å²) >= 11 is 9.35. The van der Waals surface area contributed by atoms with E-state index in [0.29, 0.717) is 22.9 Å². The van der Waals surface area contributed by atoms with E-state index in [9.17, 15) is 5.11 Å². The van der Waals surface area contributed by atoms with Gasteiger partial charge < -0.3 is 9.84 Å². The number of aliphatic hydroxyl groups excluding tert-OH is 1. The second kappa shape index (κ2) is 6.37. The highest BCUT2D eigenvalue weighted by atomic mass is 79.9. The van der Waals surface area contributed by atoms with Gasteiger partial charge in [0.25, 0.3) is 0 Å². The van der Waals surface area contributed by atoms with Crippen LogP contribution in [0.15, 0.2) is 41.0 Å². The average Bonchev–Trinajstić information content (AvgIpc) is 2.39. The molecule has 0 spiro atoms. The molecule has 100 valence electrons. The maximum Gasteiger partial charge on any atom is 0.122 e. The van der Waals surface area contributed by atoms with Gasteiger partial charge in [-0.15, -0.1) is 0 Å².